The maximum absolute atomic E-state index is 11.8. The first kappa shape index (κ1) is 15.2. The van der Waals surface area contributed by atoms with Gasteiger partial charge in [-0.2, -0.15) is 0 Å². The smallest absolute Gasteiger partial charge is 0.224 e. The van der Waals surface area contributed by atoms with E-state index in [1.54, 1.807) is 12.4 Å². The van der Waals surface area contributed by atoms with E-state index in [4.69, 9.17) is 5.73 Å². The summed E-state index contributed by atoms with van der Waals surface area (Å²) in [5.41, 5.74) is 8.84. The van der Waals surface area contributed by atoms with E-state index in [1.807, 2.05) is 38.1 Å². The first-order chi connectivity index (χ1) is 10.1. The average Bonchev–Trinajstić information content (AvgIpc) is 2.55. The number of carbonyl (C=O) groups is 1. The van der Waals surface area contributed by atoms with Crippen LogP contribution >= 0.6 is 0 Å². The molecule has 3 N–H and O–H groups in total. The van der Waals surface area contributed by atoms with Gasteiger partial charge < -0.3 is 11.1 Å². The van der Waals surface area contributed by atoms with Crippen LogP contribution in [0.25, 0.3) is 11.1 Å². The molecule has 0 fully saturated rings. The first-order valence-electron chi connectivity index (χ1n) is 7.12. The molecule has 1 aromatic carbocycles. The quantitative estimate of drug-likeness (QED) is 0.886. The van der Waals surface area contributed by atoms with Crippen molar-refractivity contribution in [2.75, 3.05) is 6.54 Å². The highest BCUT2D eigenvalue weighted by atomic mass is 16.1. The largest absolute Gasteiger partial charge is 0.349 e. The summed E-state index contributed by atoms with van der Waals surface area (Å²) < 4.78 is 0. The minimum Gasteiger partial charge on any atom is -0.349 e. The number of rotatable bonds is 5. The molecule has 110 valence electrons. The molecular formula is C17H21N3O. The third kappa shape index (κ3) is 3.89. The van der Waals surface area contributed by atoms with Gasteiger partial charge in [-0.15, -0.1) is 0 Å². The third-order valence-electron chi connectivity index (χ3n) is 3.58. The molecule has 1 heterocycles. The fraction of sp³-hybridized carbons (Fsp3) is 0.294. The van der Waals surface area contributed by atoms with Crippen molar-refractivity contribution in [2.24, 2.45) is 11.7 Å². The minimum atomic E-state index is -0.163. The Labute approximate surface area is 125 Å². The highest BCUT2D eigenvalue weighted by Crippen LogP contribution is 2.21. The lowest BCUT2D eigenvalue weighted by atomic mass is 10.0. The summed E-state index contributed by atoms with van der Waals surface area (Å²) in [4.78, 5) is 15.9. The summed E-state index contributed by atoms with van der Waals surface area (Å²) in [7, 11) is 0. The number of nitrogens with two attached hydrogens (primary N) is 1. The Morgan fingerprint density at radius 3 is 2.24 bits per heavy atom. The normalized spacial score (nSPS) is 13.5. The van der Waals surface area contributed by atoms with E-state index in [9.17, 15) is 4.79 Å². The molecule has 1 amide bonds. The van der Waals surface area contributed by atoms with E-state index < -0.39 is 0 Å². The van der Waals surface area contributed by atoms with Crippen LogP contribution in [0, 0.1) is 5.92 Å². The van der Waals surface area contributed by atoms with Crippen LogP contribution in [0.3, 0.4) is 0 Å². The molecule has 21 heavy (non-hydrogen) atoms. The SMILES string of the molecule is CC(CN)C(=O)NC(C)c1ccc(-c2ccncc2)cc1. The van der Waals surface area contributed by atoms with E-state index >= 15 is 0 Å². The molecule has 1 aromatic heterocycles. The molecule has 2 atom stereocenters. The zero-order valence-corrected chi connectivity index (χ0v) is 12.4. The van der Waals surface area contributed by atoms with Crippen molar-refractivity contribution in [3.63, 3.8) is 0 Å². The molecule has 2 aromatic rings. The van der Waals surface area contributed by atoms with Crippen LogP contribution in [0.2, 0.25) is 0 Å². The zero-order chi connectivity index (χ0) is 15.2. The predicted molar refractivity (Wildman–Crippen MR) is 84.4 cm³/mol. The number of nitrogens with zero attached hydrogens (tertiary/aromatic N) is 1. The standard InChI is InChI=1S/C17H21N3O/c1-12(11-18)17(21)20-13(2)14-3-5-15(6-4-14)16-7-9-19-10-8-16/h3-10,12-13H,11,18H2,1-2H3,(H,20,21). The Morgan fingerprint density at radius 1 is 1.10 bits per heavy atom. The van der Waals surface area contributed by atoms with Gasteiger partial charge in [0.15, 0.2) is 0 Å². The van der Waals surface area contributed by atoms with Gasteiger partial charge in [0.1, 0.15) is 0 Å². The van der Waals surface area contributed by atoms with Gasteiger partial charge in [-0.3, -0.25) is 9.78 Å². The van der Waals surface area contributed by atoms with Crippen LogP contribution < -0.4 is 11.1 Å². The van der Waals surface area contributed by atoms with Crippen LogP contribution in [0.1, 0.15) is 25.5 Å². The van der Waals surface area contributed by atoms with Crippen LogP contribution in [0.4, 0.5) is 0 Å². The molecule has 0 radical (unpaired) electrons. The third-order valence-corrected chi connectivity index (χ3v) is 3.58. The fourth-order valence-electron chi connectivity index (χ4n) is 2.05. The molecule has 2 rings (SSSR count). The Kier molecular flexibility index (Phi) is 5.06. The second-order valence-electron chi connectivity index (χ2n) is 5.22. The topological polar surface area (TPSA) is 68.0 Å². The lowest BCUT2D eigenvalue weighted by Crippen LogP contribution is -2.34. The van der Waals surface area contributed by atoms with E-state index in [0.29, 0.717) is 6.54 Å². The average molecular weight is 283 g/mol. The van der Waals surface area contributed by atoms with Gasteiger partial charge in [0, 0.05) is 24.9 Å². The Hall–Kier alpha value is -2.20. The maximum Gasteiger partial charge on any atom is 0.224 e. The van der Waals surface area contributed by atoms with Crippen molar-refractivity contribution in [1.29, 1.82) is 0 Å². The molecule has 0 aliphatic carbocycles. The Morgan fingerprint density at radius 2 is 1.67 bits per heavy atom. The van der Waals surface area contributed by atoms with Gasteiger partial charge in [-0.05, 0) is 35.7 Å². The molecular weight excluding hydrogens is 262 g/mol. The van der Waals surface area contributed by atoms with Gasteiger partial charge in [0.2, 0.25) is 5.91 Å². The molecule has 4 heteroatoms. The minimum absolute atomic E-state index is 0.0109. The van der Waals surface area contributed by atoms with Crippen LogP contribution in [0.15, 0.2) is 48.8 Å². The summed E-state index contributed by atoms with van der Waals surface area (Å²) >= 11 is 0. The van der Waals surface area contributed by atoms with E-state index in [-0.39, 0.29) is 17.9 Å². The van der Waals surface area contributed by atoms with Crippen molar-refractivity contribution in [2.45, 2.75) is 19.9 Å². The molecule has 0 saturated heterocycles. The van der Waals surface area contributed by atoms with Crippen LogP contribution in [-0.4, -0.2) is 17.4 Å². The second-order valence-corrected chi connectivity index (χ2v) is 5.22. The van der Waals surface area contributed by atoms with Crippen LogP contribution in [0.5, 0.6) is 0 Å². The molecule has 2 unspecified atom stereocenters. The van der Waals surface area contributed by atoms with E-state index in [1.165, 1.54) is 0 Å². The van der Waals surface area contributed by atoms with E-state index in [0.717, 1.165) is 16.7 Å². The highest BCUT2D eigenvalue weighted by molar-refractivity contribution is 5.79. The van der Waals surface area contributed by atoms with Crippen LogP contribution in [-0.2, 0) is 4.79 Å². The lowest BCUT2D eigenvalue weighted by Gasteiger charge is -2.17. The van der Waals surface area contributed by atoms with E-state index in [2.05, 4.69) is 22.4 Å². The van der Waals surface area contributed by atoms with Gasteiger partial charge in [-0.1, -0.05) is 31.2 Å². The van der Waals surface area contributed by atoms with Gasteiger partial charge >= 0.3 is 0 Å². The number of hydrogen-bond acceptors (Lipinski definition) is 3. The number of aromatic nitrogens is 1. The summed E-state index contributed by atoms with van der Waals surface area (Å²) in [5, 5.41) is 2.98. The predicted octanol–water partition coefficient (Wildman–Crippen LogP) is 2.52. The fourth-order valence-corrected chi connectivity index (χ4v) is 2.05. The van der Waals surface area contributed by atoms with Crippen molar-refractivity contribution < 1.29 is 4.79 Å². The van der Waals surface area contributed by atoms with Crippen molar-refractivity contribution in [3.05, 3.63) is 54.4 Å². The molecule has 0 saturated carbocycles. The number of pyridine rings is 1. The van der Waals surface area contributed by atoms with Crippen molar-refractivity contribution in [3.8, 4) is 11.1 Å². The molecule has 4 nitrogen and oxygen atoms in total. The zero-order valence-electron chi connectivity index (χ0n) is 12.4. The number of benzene rings is 1. The lowest BCUT2D eigenvalue weighted by molar-refractivity contribution is -0.124. The molecule has 0 spiro atoms. The maximum atomic E-state index is 11.8. The molecule has 0 aliphatic rings. The van der Waals surface area contributed by atoms with Gasteiger partial charge in [-0.25, -0.2) is 0 Å². The monoisotopic (exact) mass is 283 g/mol. The number of carbonyl (C=O) groups excluding carboxylic acids is 1. The summed E-state index contributed by atoms with van der Waals surface area (Å²) in [6.07, 6.45) is 3.56. The number of hydrogen-bond donors (Lipinski definition) is 2. The Bertz CT molecular complexity index is 581. The molecule has 0 bridgehead atoms. The summed E-state index contributed by atoms with van der Waals surface area (Å²) in [5.74, 6) is -0.174. The second kappa shape index (κ2) is 6.99. The summed E-state index contributed by atoms with van der Waals surface area (Å²) in [6.45, 7) is 4.16. The first-order valence-corrected chi connectivity index (χ1v) is 7.12. The van der Waals surface area contributed by atoms with Crippen molar-refractivity contribution >= 4 is 5.91 Å². The summed E-state index contributed by atoms with van der Waals surface area (Å²) in [6, 6.07) is 12.1. The number of amides is 1. The molecule has 0 aliphatic heterocycles. The van der Waals surface area contributed by atoms with Gasteiger partial charge in [0.05, 0.1) is 6.04 Å². The highest BCUT2D eigenvalue weighted by Gasteiger charge is 2.14. The van der Waals surface area contributed by atoms with Crippen molar-refractivity contribution in [1.82, 2.24) is 10.3 Å². The number of nitrogens with one attached hydrogen (secondary N) is 1. The van der Waals surface area contributed by atoms with Gasteiger partial charge in [0.25, 0.3) is 0 Å². The Balaban J connectivity index is 2.07.